The molecular weight excluding hydrogens is 239 g/mol. The Bertz CT molecular complexity index is 379. The largest absolute Gasteiger partial charge is 0.416 e. The van der Waals surface area contributed by atoms with Crippen molar-refractivity contribution in [1.82, 2.24) is 0 Å². The summed E-state index contributed by atoms with van der Waals surface area (Å²) in [6, 6.07) is 5.40. The Morgan fingerprint density at radius 2 is 1.50 bits per heavy atom. The first kappa shape index (κ1) is 15.0. The van der Waals surface area contributed by atoms with Crippen molar-refractivity contribution < 1.29 is 13.2 Å². The Morgan fingerprint density at radius 3 is 1.94 bits per heavy atom. The van der Waals surface area contributed by atoms with Crippen LogP contribution in [0.2, 0.25) is 0 Å². The van der Waals surface area contributed by atoms with E-state index in [4.69, 9.17) is 5.73 Å². The maximum atomic E-state index is 12.7. The van der Waals surface area contributed by atoms with Gasteiger partial charge >= 0.3 is 6.18 Å². The number of alkyl halides is 3. The molecule has 18 heavy (non-hydrogen) atoms. The zero-order chi connectivity index (χ0) is 13.8. The summed E-state index contributed by atoms with van der Waals surface area (Å²) in [6.45, 7) is 3.98. The van der Waals surface area contributed by atoms with E-state index in [2.05, 4.69) is 0 Å². The van der Waals surface area contributed by atoms with Crippen LogP contribution in [-0.4, -0.2) is 0 Å². The van der Waals surface area contributed by atoms with E-state index in [9.17, 15) is 13.2 Å². The summed E-state index contributed by atoms with van der Waals surface area (Å²) in [5, 5.41) is 0. The first-order valence-electron chi connectivity index (χ1n) is 6.30. The third-order valence-electron chi connectivity index (χ3n) is 3.16. The quantitative estimate of drug-likeness (QED) is 0.830. The molecule has 0 saturated heterocycles. The van der Waals surface area contributed by atoms with E-state index < -0.39 is 17.3 Å². The number of nitrogens with two attached hydrogens (primary N) is 1. The highest BCUT2D eigenvalue weighted by Crippen LogP contribution is 2.34. The van der Waals surface area contributed by atoms with Crippen molar-refractivity contribution in [3.63, 3.8) is 0 Å². The number of halogens is 3. The average Bonchev–Trinajstić information content (AvgIpc) is 2.29. The Hall–Kier alpha value is -1.03. The van der Waals surface area contributed by atoms with E-state index in [1.807, 2.05) is 13.8 Å². The standard InChI is InChI=1S/C14H20F3N/c1-3-8-13(18,9-4-2)11-6-5-7-12(10-11)14(15,16)17/h5-7,10H,3-4,8-9,18H2,1-2H3. The highest BCUT2D eigenvalue weighted by atomic mass is 19.4. The van der Waals surface area contributed by atoms with Crippen molar-refractivity contribution in [2.75, 3.05) is 0 Å². The molecule has 0 aliphatic heterocycles. The molecule has 102 valence electrons. The monoisotopic (exact) mass is 259 g/mol. The van der Waals surface area contributed by atoms with Gasteiger partial charge in [-0.3, -0.25) is 0 Å². The van der Waals surface area contributed by atoms with Crippen LogP contribution >= 0.6 is 0 Å². The van der Waals surface area contributed by atoms with Crippen LogP contribution in [0.3, 0.4) is 0 Å². The third-order valence-corrected chi connectivity index (χ3v) is 3.16. The summed E-state index contributed by atoms with van der Waals surface area (Å²) in [5.41, 5.74) is 5.60. The highest BCUT2D eigenvalue weighted by molar-refractivity contribution is 5.31. The summed E-state index contributed by atoms with van der Waals surface area (Å²) >= 11 is 0. The van der Waals surface area contributed by atoms with Gasteiger partial charge in [-0.05, 0) is 30.5 Å². The van der Waals surface area contributed by atoms with Crippen molar-refractivity contribution in [2.45, 2.75) is 51.2 Å². The van der Waals surface area contributed by atoms with E-state index in [0.29, 0.717) is 18.4 Å². The van der Waals surface area contributed by atoms with E-state index >= 15 is 0 Å². The van der Waals surface area contributed by atoms with E-state index in [1.165, 1.54) is 12.1 Å². The lowest BCUT2D eigenvalue weighted by molar-refractivity contribution is -0.137. The van der Waals surface area contributed by atoms with Gasteiger partial charge < -0.3 is 5.73 Å². The van der Waals surface area contributed by atoms with Gasteiger partial charge in [-0.1, -0.05) is 38.8 Å². The lowest BCUT2D eigenvalue weighted by Gasteiger charge is -2.30. The summed E-state index contributed by atoms with van der Waals surface area (Å²) in [6.07, 6.45) is -1.21. The molecule has 0 aromatic heterocycles. The van der Waals surface area contributed by atoms with Gasteiger partial charge in [0.25, 0.3) is 0 Å². The second-order valence-corrected chi connectivity index (χ2v) is 4.73. The molecule has 0 aliphatic rings. The Morgan fingerprint density at radius 1 is 1.00 bits per heavy atom. The molecule has 0 bridgehead atoms. The van der Waals surface area contributed by atoms with Crippen molar-refractivity contribution >= 4 is 0 Å². The zero-order valence-electron chi connectivity index (χ0n) is 10.8. The van der Waals surface area contributed by atoms with Crippen LogP contribution in [0.15, 0.2) is 24.3 Å². The molecule has 0 atom stereocenters. The first-order valence-corrected chi connectivity index (χ1v) is 6.30. The SMILES string of the molecule is CCCC(N)(CCC)c1cccc(C(F)(F)F)c1. The number of benzene rings is 1. The van der Waals surface area contributed by atoms with Gasteiger partial charge in [0, 0.05) is 5.54 Å². The fraction of sp³-hybridized carbons (Fsp3) is 0.571. The lowest BCUT2D eigenvalue weighted by atomic mass is 9.82. The van der Waals surface area contributed by atoms with Crippen LogP contribution in [0, 0.1) is 0 Å². The molecule has 0 heterocycles. The summed E-state index contributed by atoms with van der Waals surface area (Å²) in [7, 11) is 0. The molecule has 1 aromatic carbocycles. The Labute approximate surface area is 106 Å². The van der Waals surface area contributed by atoms with E-state index in [0.717, 1.165) is 18.9 Å². The van der Waals surface area contributed by atoms with Crippen LogP contribution in [0.25, 0.3) is 0 Å². The fourth-order valence-electron chi connectivity index (χ4n) is 2.31. The smallest absolute Gasteiger partial charge is 0.321 e. The molecule has 4 heteroatoms. The maximum absolute atomic E-state index is 12.7. The first-order chi connectivity index (χ1) is 8.33. The molecule has 0 amide bonds. The predicted octanol–water partition coefficient (Wildman–Crippen LogP) is 4.46. The second kappa shape index (κ2) is 5.74. The molecule has 0 fully saturated rings. The maximum Gasteiger partial charge on any atom is 0.416 e. The van der Waals surface area contributed by atoms with Crippen LogP contribution in [0.4, 0.5) is 13.2 Å². The van der Waals surface area contributed by atoms with Crippen LogP contribution in [-0.2, 0) is 11.7 Å². The minimum Gasteiger partial charge on any atom is -0.321 e. The minimum atomic E-state index is -4.31. The summed E-state index contributed by atoms with van der Waals surface area (Å²) < 4.78 is 38.1. The fourth-order valence-corrected chi connectivity index (χ4v) is 2.31. The van der Waals surface area contributed by atoms with Gasteiger partial charge in [0.15, 0.2) is 0 Å². The Balaban J connectivity index is 3.13. The van der Waals surface area contributed by atoms with Gasteiger partial charge in [0.1, 0.15) is 0 Å². The van der Waals surface area contributed by atoms with Gasteiger partial charge in [-0.2, -0.15) is 13.2 Å². The molecule has 2 N–H and O–H groups in total. The minimum absolute atomic E-state index is 0.584. The third kappa shape index (κ3) is 3.48. The average molecular weight is 259 g/mol. The number of rotatable bonds is 5. The molecule has 1 aromatic rings. The van der Waals surface area contributed by atoms with Gasteiger partial charge in [0.05, 0.1) is 5.56 Å². The highest BCUT2D eigenvalue weighted by Gasteiger charge is 2.33. The van der Waals surface area contributed by atoms with Crippen LogP contribution in [0.1, 0.15) is 50.7 Å². The topological polar surface area (TPSA) is 26.0 Å². The molecule has 0 aliphatic carbocycles. The Kier molecular flexibility index (Phi) is 4.79. The number of hydrogen-bond donors (Lipinski definition) is 1. The summed E-state index contributed by atoms with van der Waals surface area (Å²) in [4.78, 5) is 0. The number of hydrogen-bond acceptors (Lipinski definition) is 1. The van der Waals surface area contributed by atoms with Gasteiger partial charge in [0.2, 0.25) is 0 Å². The van der Waals surface area contributed by atoms with Crippen molar-refractivity contribution in [3.05, 3.63) is 35.4 Å². The zero-order valence-corrected chi connectivity index (χ0v) is 10.8. The van der Waals surface area contributed by atoms with Crippen molar-refractivity contribution in [2.24, 2.45) is 5.73 Å². The van der Waals surface area contributed by atoms with Crippen molar-refractivity contribution in [3.8, 4) is 0 Å². The molecule has 0 saturated carbocycles. The predicted molar refractivity (Wildman–Crippen MR) is 67.1 cm³/mol. The van der Waals surface area contributed by atoms with Crippen molar-refractivity contribution in [1.29, 1.82) is 0 Å². The molecule has 0 unspecified atom stereocenters. The molecule has 1 nitrogen and oxygen atoms in total. The second-order valence-electron chi connectivity index (χ2n) is 4.73. The normalized spacial score (nSPS) is 12.8. The van der Waals surface area contributed by atoms with Gasteiger partial charge in [-0.15, -0.1) is 0 Å². The van der Waals surface area contributed by atoms with E-state index in [1.54, 1.807) is 6.07 Å². The molecular formula is C14H20F3N. The molecule has 0 radical (unpaired) electrons. The van der Waals surface area contributed by atoms with Gasteiger partial charge in [-0.25, -0.2) is 0 Å². The van der Waals surface area contributed by atoms with Crippen LogP contribution < -0.4 is 5.73 Å². The molecule has 0 spiro atoms. The van der Waals surface area contributed by atoms with Crippen LogP contribution in [0.5, 0.6) is 0 Å². The summed E-state index contributed by atoms with van der Waals surface area (Å²) in [5.74, 6) is 0. The molecule has 1 rings (SSSR count). The lowest BCUT2D eigenvalue weighted by Crippen LogP contribution is -2.36. The van der Waals surface area contributed by atoms with E-state index in [-0.39, 0.29) is 0 Å².